The fraction of sp³-hybridized carbons (Fsp3) is 0.250. The molecule has 3 heterocycles. The van der Waals surface area contributed by atoms with Crippen LogP contribution >= 0.6 is 0 Å². The third-order valence-corrected chi connectivity index (χ3v) is 6.46. The van der Waals surface area contributed by atoms with E-state index in [9.17, 15) is 14.4 Å². The number of hydrogen-bond donors (Lipinski definition) is 3. The molecule has 0 bridgehead atoms. The first-order valence-electron chi connectivity index (χ1n) is 12.8. The summed E-state index contributed by atoms with van der Waals surface area (Å²) in [6.45, 7) is 2.61. The summed E-state index contributed by atoms with van der Waals surface area (Å²) < 4.78 is 7.01. The lowest BCUT2D eigenvalue weighted by molar-refractivity contribution is -0.142. The van der Waals surface area contributed by atoms with Gasteiger partial charge in [-0.3, -0.25) is 19.8 Å². The first-order chi connectivity index (χ1) is 19.4. The molecule has 12 heteroatoms. The Balaban J connectivity index is 1.30. The summed E-state index contributed by atoms with van der Waals surface area (Å²) >= 11 is 0. The number of fused-ring (bicyclic) bond motifs is 1. The molecule has 0 aliphatic carbocycles. The Morgan fingerprint density at radius 1 is 1.15 bits per heavy atom. The fourth-order valence-corrected chi connectivity index (χ4v) is 4.38. The molecule has 206 valence electrons. The van der Waals surface area contributed by atoms with Crippen LogP contribution in [0.15, 0.2) is 66.9 Å². The summed E-state index contributed by atoms with van der Waals surface area (Å²) in [7, 11) is 1.92. The number of benzene rings is 2. The molecule has 0 spiro atoms. The normalized spacial score (nSPS) is 14.4. The average molecular weight is 544 g/mol. The molecule has 4 aromatic rings. The van der Waals surface area contributed by atoms with Crippen LogP contribution < -0.4 is 21.0 Å². The third kappa shape index (κ3) is 5.86. The van der Waals surface area contributed by atoms with Crippen LogP contribution in [0.2, 0.25) is 0 Å². The maximum absolute atomic E-state index is 13.6. The van der Waals surface area contributed by atoms with E-state index in [0.717, 1.165) is 22.6 Å². The quantitative estimate of drug-likeness (QED) is 0.257. The molecule has 2 aromatic heterocycles. The van der Waals surface area contributed by atoms with Gasteiger partial charge in [-0.05, 0) is 55.0 Å². The molecule has 12 nitrogen and oxygen atoms in total. The molecule has 1 aliphatic heterocycles. The highest BCUT2D eigenvalue weighted by Gasteiger charge is 2.23. The first-order valence-corrected chi connectivity index (χ1v) is 12.8. The van der Waals surface area contributed by atoms with Gasteiger partial charge in [-0.1, -0.05) is 18.2 Å². The van der Waals surface area contributed by atoms with Gasteiger partial charge in [0.1, 0.15) is 17.8 Å². The van der Waals surface area contributed by atoms with Crippen LogP contribution in [0, 0.1) is 0 Å². The van der Waals surface area contributed by atoms with Gasteiger partial charge in [0.05, 0.1) is 30.6 Å². The monoisotopic (exact) mass is 543 g/mol. The van der Waals surface area contributed by atoms with Crippen LogP contribution in [0.1, 0.15) is 41.3 Å². The number of carbonyl (C=O) groups excluding carboxylic acids is 3. The molecular formula is C28H29N7O5. The van der Waals surface area contributed by atoms with E-state index in [0.29, 0.717) is 23.4 Å². The smallest absolute Gasteiger partial charge is 0.427 e. The van der Waals surface area contributed by atoms with Gasteiger partial charge in [0, 0.05) is 31.0 Å². The van der Waals surface area contributed by atoms with Gasteiger partial charge in [-0.15, -0.1) is 5.48 Å². The summed E-state index contributed by atoms with van der Waals surface area (Å²) in [6.07, 6.45) is 0.752. The minimum atomic E-state index is -0.514. The number of carbonyl (C=O) groups is 3. The van der Waals surface area contributed by atoms with E-state index in [1.54, 1.807) is 43.5 Å². The molecule has 1 saturated heterocycles. The number of aryl methyl sites for hydroxylation is 1. The molecular weight excluding hydrogens is 514 g/mol. The predicted molar refractivity (Wildman–Crippen MR) is 147 cm³/mol. The Bertz CT molecular complexity index is 1520. The molecule has 0 radical (unpaired) electrons. The molecule has 2 amide bonds. The van der Waals surface area contributed by atoms with E-state index in [4.69, 9.17) is 14.6 Å². The summed E-state index contributed by atoms with van der Waals surface area (Å²) in [5.41, 5.74) is 6.35. The van der Waals surface area contributed by atoms with E-state index in [-0.39, 0.29) is 31.4 Å². The van der Waals surface area contributed by atoms with Crippen LogP contribution in [-0.2, 0) is 28.0 Å². The number of amides is 2. The average Bonchev–Trinajstić information content (AvgIpc) is 3.55. The maximum Gasteiger partial charge on any atom is 0.427 e. The third-order valence-electron chi connectivity index (χ3n) is 6.46. The highest BCUT2D eigenvalue weighted by molar-refractivity contribution is 6.07. The van der Waals surface area contributed by atoms with Crippen molar-refractivity contribution in [3.63, 3.8) is 0 Å². The van der Waals surface area contributed by atoms with E-state index in [1.807, 2.05) is 41.9 Å². The Morgan fingerprint density at radius 2 is 1.98 bits per heavy atom. The Morgan fingerprint density at radius 3 is 2.67 bits per heavy atom. The second kappa shape index (κ2) is 11.8. The van der Waals surface area contributed by atoms with Gasteiger partial charge in [-0.2, -0.15) is 0 Å². The first kappa shape index (κ1) is 26.6. The van der Waals surface area contributed by atoms with Gasteiger partial charge < -0.3 is 19.5 Å². The number of nitrogens with zero attached hydrogens (tertiary/aromatic N) is 4. The number of rotatable bonds is 10. The number of aromatic nitrogens is 3. The van der Waals surface area contributed by atoms with Crippen LogP contribution in [0.25, 0.3) is 11.0 Å². The zero-order valence-corrected chi connectivity index (χ0v) is 22.1. The van der Waals surface area contributed by atoms with Crippen LogP contribution in [0.5, 0.6) is 0 Å². The van der Waals surface area contributed by atoms with Gasteiger partial charge in [-0.25, -0.2) is 14.8 Å². The molecule has 40 heavy (non-hydrogen) atoms. The van der Waals surface area contributed by atoms with Crippen molar-refractivity contribution in [3.05, 3.63) is 83.8 Å². The van der Waals surface area contributed by atoms with Gasteiger partial charge in [0.25, 0.3) is 5.91 Å². The lowest BCUT2D eigenvalue weighted by Gasteiger charge is -2.21. The van der Waals surface area contributed by atoms with E-state index < -0.39 is 12.3 Å². The number of imidazole rings is 1. The summed E-state index contributed by atoms with van der Waals surface area (Å²) in [4.78, 5) is 52.0. The maximum atomic E-state index is 13.6. The Kier molecular flexibility index (Phi) is 7.87. The molecule has 0 saturated carbocycles. The zero-order valence-electron chi connectivity index (χ0n) is 22.1. The fourth-order valence-electron chi connectivity index (χ4n) is 4.38. The predicted octanol–water partition coefficient (Wildman–Crippen LogP) is 3.42. The number of nitrogens with one attached hydrogen (secondary N) is 3. The molecule has 5 rings (SSSR count). The van der Waals surface area contributed by atoms with E-state index in [1.165, 1.54) is 4.90 Å². The summed E-state index contributed by atoms with van der Waals surface area (Å²) in [5.74, 6) is 0.575. The van der Waals surface area contributed by atoms with E-state index in [2.05, 4.69) is 21.1 Å². The SMILES string of the molecule is CCOC(=O)CCN(C(=O)c1ccc2c(c1)nc(CNc1ccc(C3NOC(=O)N3)cc1)n2C)c1ccccn1. The lowest BCUT2D eigenvalue weighted by atomic mass is 10.1. The van der Waals surface area contributed by atoms with Crippen molar-refractivity contribution in [1.29, 1.82) is 0 Å². The van der Waals surface area contributed by atoms with Gasteiger partial charge in [0.2, 0.25) is 0 Å². The second-order valence-electron chi connectivity index (χ2n) is 9.05. The van der Waals surface area contributed by atoms with Crippen molar-refractivity contribution in [2.75, 3.05) is 23.4 Å². The van der Waals surface area contributed by atoms with Gasteiger partial charge >= 0.3 is 12.1 Å². The number of hydroxylamine groups is 1. The Hall–Kier alpha value is -4.97. The molecule has 1 unspecified atom stereocenters. The number of esters is 1. The highest BCUT2D eigenvalue weighted by Crippen LogP contribution is 2.22. The highest BCUT2D eigenvalue weighted by atomic mass is 16.7. The van der Waals surface area contributed by atoms with Crippen LogP contribution in [0.4, 0.5) is 16.3 Å². The number of anilines is 2. The van der Waals surface area contributed by atoms with Crippen LogP contribution in [0.3, 0.4) is 0 Å². The number of hydrogen-bond acceptors (Lipinski definition) is 9. The van der Waals surface area contributed by atoms with Gasteiger partial charge in [0.15, 0.2) is 0 Å². The van der Waals surface area contributed by atoms with Crippen molar-refractivity contribution in [3.8, 4) is 0 Å². The Labute approximate surface area is 230 Å². The number of pyridine rings is 1. The number of ether oxygens (including phenoxy) is 1. The lowest BCUT2D eigenvalue weighted by Crippen LogP contribution is -2.34. The summed E-state index contributed by atoms with van der Waals surface area (Å²) in [5, 5.41) is 6.01. The largest absolute Gasteiger partial charge is 0.466 e. The van der Waals surface area contributed by atoms with Crippen molar-refractivity contribution < 1.29 is 24.0 Å². The van der Waals surface area contributed by atoms with Crippen LogP contribution in [-0.4, -0.2) is 45.7 Å². The molecule has 1 fully saturated rings. The zero-order chi connectivity index (χ0) is 28.1. The molecule has 1 atom stereocenters. The minimum absolute atomic E-state index is 0.0539. The molecule has 1 aliphatic rings. The van der Waals surface area contributed by atoms with Crippen molar-refractivity contribution in [1.82, 2.24) is 25.3 Å². The second-order valence-corrected chi connectivity index (χ2v) is 9.05. The van der Waals surface area contributed by atoms with Crippen molar-refractivity contribution in [2.45, 2.75) is 26.1 Å². The molecule has 2 aromatic carbocycles. The topological polar surface area (TPSA) is 140 Å². The van der Waals surface area contributed by atoms with Crippen molar-refractivity contribution in [2.24, 2.45) is 7.05 Å². The molecule has 3 N–H and O–H groups in total. The van der Waals surface area contributed by atoms with E-state index >= 15 is 0 Å². The standard InChI is InChI=1S/C28H29N7O5/c1-3-39-25(36)13-15-35(23-6-4-5-14-29-23)27(37)19-9-12-22-21(16-19)31-24(34(22)2)17-30-20-10-7-18(8-11-20)26-32-28(38)40-33-26/h4-12,14,16,26,30,33H,3,13,15,17H2,1-2H3,(H,32,38). The van der Waals surface area contributed by atoms with Crippen molar-refractivity contribution >= 4 is 40.5 Å². The summed E-state index contributed by atoms with van der Waals surface area (Å²) in [6, 6.07) is 18.2. The minimum Gasteiger partial charge on any atom is -0.466 e.